The van der Waals surface area contributed by atoms with Gasteiger partial charge in [0.15, 0.2) is 11.5 Å². The van der Waals surface area contributed by atoms with E-state index in [-0.39, 0.29) is 19.8 Å². The van der Waals surface area contributed by atoms with Crippen molar-refractivity contribution >= 4 is 29.3 Å². The van der Waals surface area contributed by atoms with Crippen LogP contribution < -0.4 is 25.8 Å². The van der Waals surface area contributed by atoms with Crippen molar-refractivity contribution in [2.45, 2.75) is 37.9 Å². The minimum atomic E-state index is -1.46. The van der Waals surface area contributed by atoms with Gasteiger partial charge in [0.1, 0.15) is 5.54 Å². The van der Waals surface area contributed by atoms with Crippen LogP contribution in [-0.4, -0.2) is 41.4 Å². The van der Waals surface area contributed by atoms with Gasteiger partial charge < -0.3 is 20.5 Å². The summed E-state index contributed by atoms with van der Waals surface area (Å²) < 4.78 is 10.8. The lowest BCUT2D eigenvalue weighted by Crippen LogP contribution is -2.53. The van der Waals surface area contributed by atoms with Crippen LogP contribution in [0.15, 0.2) is 36.4 Å². The molecule has 4 aliphatic rings. The number of carbonyl (C=O) groups is 4. The third-order valence-electron chi connectivity index (χ3n) is 7.51. The average Bonchev–Trinajstić information content (AvgIpc) is 3.55. The molecule has 2 fully saturated rings. The monoisotopic (exact) mass is 476 g/mol. The Morgan fingerprint density at radius 3 is 2.71 bits per heavy atom. The van der Waals surface area contributed by atoms with Crippen molar-refractivity contribution in [2.75, 3.05) is 12.1 Å². The number of ether oxygens (including phenoxy) is 2. The first-order valence-corrected chi connectivity index (χ1v) is 11.6. The van der Waals surface area contributed by atoms with Crippen molar-refractivity contribution in [1.82, 2.24) is 10.2 Å². The van der Waals surface area contributed by atoms with E-state index in [2.05, 4.69) is 10.6 Å². The molecule has 4 aliphatic heterocycles. The van der Waals surface area contributed by atoms with Gasteiger partial charge in [0.05, 0.1) is 18.4 Å². The molecule has 0 radical (unpaired) electrons. The Bertz CT molecular complexity index is 1310. The fourth-order valence-corrected chi connectivity index (χ4v) is 6.01. The smallest absolute Gasteiger partial charge is 0.250 e. The van der Waals surface area contributed by atoms with Gasteiger partial charge in [-0.25, -0.2) is 0 Å². The maximum atomic E-state index is 13.9. The molecule has 35 heavy (non-hydrogen) atoms. The predicted octanol–water partition coefficient (Wildman–Crippen LogP) is 0.774. The minimum Gasteiger partial charge on any atom is -0.454 e. The normalized spacial score (nSPS) is 28.0. The van der Waals surface area contributed by atoms with E-state index in [1.807, 2.05) is 19.1 Å². The van der Waals surface area contributed by atoms with Crippen LogP contribution in [0.4, 0.5) is 5.69 Å². The van der Waals surface area contributed by atoms with Gasteiger partial charge in [0.25, 0.3) is 0 Å². The van der Waals surface area contributed by atoms with Crippen molar-refractivity contribution in [3.63, 3.8) is 0 Å². The second-order valence-corrected chi connectivity index (χ2v) is 9.33. The van der Waals surface area contributed by atoms with Crippen LogP contribution in [0.25, 0.3) is 0 Å². The highest BCUT2D eigenvalue weighted by Gasteiger charge is 2.70. The van der Waals surface area contributed by atoms with Crippen LogP contribution in [-0.2, 0) is 37.7 Å². The number of nitrogens with one attached hydrogen (secondary N) is 2. The number of para-hydroxylation sites is 1. The lowest BCUT2D eigenvalue weighted by atomic mass is 9.76. The van der Waals surface area contributed by atoms with E-state index in [1.54, 1.807) is 24.3 Å². The Labute approximate surface area is 200 Å². The van der Waals surface area contributed by atoms with Gasteiger partial charge in [-0.15, -0.1) is 0 Å². The van der Waals surface area contributed by atoms with E-state index in [0.717, 1.165) is 5.56 Å². The molecule has 0 saturated carbocycles. The highest BCUT2D eigenvalue weighted by atomic mass is 16.7. The zero-order valence-corrected chi connectivity index (χ0v) is 19.0. The van der Waals surface area contributed by atoms with Crippen LogP contribution >= 0.6 is 0 Å². The Morgan fingerprint density at radius 2 is 1.94 bits per heavy atom. The molecule has 2 saturated heterocycles. The summed E-state index contributed by atoms with van der Waals surface area (Å²) in [5.41, 5.74) is 6.93. The average molecular weight is 476 g/mol. The number of anilines is 1. The summed E-state index contributed by atoms with van der Waals surface area (Å²) in [6.07, 6.45) is 0.511. The van der Waals surface area contributed by atoms with Gasteiger partial charge in [0, 0.05) is 23.7 Å². The van der Waals surface area contributed by atoms with Crippen LogP contribution in [0.5, 0.6) is 11.5 Å². The number of amides is 4. The zero-order chi connectivity index (χ0) is 24.5. The maximum Gasteiger partial charge on any atom is 0.250 e. The molecule has 0 bridgehead atoms. The fraction of sp³-hybridized carbons (Fsp3) is 0.360. The summed E-state index contributed by atoms with van der Waals surface area (Å²) in [7, 11) is 0. The van der Waals surface area contributed by atoms with E-state index in [1.165, 1.54) is 4.90 Å². The van der Waals surface area contributed by atoms with Crippen molar-refractivity contribution in [2.24, 2.45) is 17.6 Å². The largest absolute Gasteiger partial charge is 0.454 e. The molecule has 2 aromatic rings. The highest BCUT2D eigenvalue weighted by Crippen LogP contribution is 2.54. The van der Waals surface area contributed by atoms with Gasteiger partial charge in [0.2, 0.25) is 30.4 Å². The molecule has 10 nitrogen and oxygen atoms in total. The number of hydrogen-bond donors (Lipinski definition) is 3. The van der Waals surface area contributed by atoms with Crippen LogP contribution in [0.1, 0.15) is 30.0 Å². The third kappa shape index (κ3) is 2.92. The number of primary amides is 1. The summed E-state index contributed by atoms with van der Waals surface area (Å²) in [5, 5.41) is 6.15. The molecule has 4 heterocycles. The number of fused-ring (bicyclic) bond motifs is 5. The zero-order valence-electron chi connectivity index (χ0n) is 19.0. The number of nitrogens with zero attached hydrogens (tertiary/aromatic N) is 1. The number of benzene rings is 2. The summed E-state index contributed by atoms with van der Waals surface area (Å²) >= 11 is 0. The lowest BCUT2D eigenvalue weighted by molar-refractivity contribution is -0.143. The Kier molecular flexibility index (Phi) is 4.65. The van der Waals surface area contributed by atoms with E-state index >= 15 is 0 Å². The molecule has 0 unspecified atom stereocenters. The quantitative estimate of drug-likeness (QED) is 0.542. The Balaban J connectivity index is 1.42. The number of imide groups is 1. The number of aryl methyl sites for hydroxylation is 1. The van der Waals surface area contributed by atoms with Gasteiger partial charge >= 0.3 is 0 Å². The standard InChI is InChI=1S/C25H24N4O6/c1-2-13-4-3-5-14-21(13)27-24(33)25(14)20-19(15(28-25)9-18(26)30)22(31)29(23(20)32)10-12-6-7-16-17(8-12)35-11-34-16/h3-8,15,19-20,28H,2,9-11H2,1H3,(H2,26,30)(H,27,33)/t15-,19+,20-,25-/m0/s1. The molecule has 0 aliphatic carbocycles. The minimum absolute atomic E-state index is 0.0180. The molecular formula is C25H24N4O6. The van der Waals surface area contributed by atoms with Crippen LogP contribution in [0.3, 0.4) is 0 Å². The third-order valence-corrected chi connectivity index (χ3v) is 7.51. The van der Waals surface area contributed by atoms with Gasteiger partial charge in [-0.1, -0.05) is 31.2 Å². The highest BCUT2D eigenvalue weighted by molar-refractivity contribution is 6.15. The van der Waals surface area contributed by atoms with Gasteiger partial charge in [-0.3, -0.25) is 29.4 Å². The molecular weight excluding hydrogens is 452 g/mol. The molecule has 0 aromatic heterocycles. The van der Waals surface area contributed by atoms with Gasteiger partial charge in [-0.05, 0) is 29.7 Å². The molecule has 4 atom stereocenters. The summed E-state index contributed by atoms with van der Waals surface area (Å²) in [6.45, 7) is 2.11. The molecule has 10 heteroatoms. The SMILES string of the molecule is CCc1cccc2c1NC(=O)[C@]21N[C@@H](CC(N)=O)[C@H]2C(=O)N(Cc3ccc4c(c3)OCO4)C(=O)[C@H]21. The lowest BCUT2D eigenvalue weighted by Gasteiger charge is -2.29. The van der Waals surface area contributed by atoms with Crippen molar-refractivity contribution in [3.8, 4) is 11.5 Å². The Morgan fingerprint density at radius 1 is 1.14 bits per heavy atom. The van der Waals surface area contributed by atoms with E-state index < -0.39 is 47.0 Å². The molecule has 2 aromatic carbocycles. The molecule has 180 valence electrons. The summed E-state index contributed by atoms with van der Waals surface area (Å²) in [4.78, 5) is 54.1. The molecule has 6 rings (SSSR count). The Hall–Kier alpha value is -3.92. The van der Waals surface area contributed by atoms with Crippen molar-refractivity contribution in [1.29, 1.82) is 0 Å². The maximum absolute atomic E-state index is 13.9. The first-order valence-electron chi connectivity index (χ1n) is 11.6. The van der Waals surface area contributed by atoms with E-state index in [0.29, 0.717) is 34.7 Å². The van der Waals surface area contributed by atoms with Gasteiger partial charge in [-0.2, -0.15) is 0 Å². The first-order chi connectivity index (χ1) is 16.8. The van der Waals surface area contributed by atoms with Crippen molar-refractivity contribution in [3.05, 3.63) is 53.1 Å². The molecule has 1 spiro atoms. The molecule has 4 amide bonds. The number of likely N-dealkylation sites (tertiary alicyclic amines) is 1. The fourth-order valence-electron chi connectivity index (χ4n) is 6.01. The second kappa shape index (κ2) is 7.54. The number of hydrogen-bond acceptors (Lipinski definition) is 7. The van der Waals surface area contributed by atoms with Crippen molar-refractivity contribution < 1.29 is 28.7 Å². The summed E-state index contributed by atoms with van der Waals surface area (Å²) in [5.74, 6) is -2.66. The summed E-state index contributed by atoms with van der Waals surface area (Å²) in [6, 6.07) is 10.0. The van der Waals surface area contributed by atoms with E-state index in [4.69, 9.17) is 15.2 Å². The number of carbonyl (C=O) groups excluding carboxylic acids is 4. The molecule has 4 N–H and O–H groups in total. The number of nitrogens with two attached hydrogens (primary N) is 1. The van der Waals surface area contributed by atoms with E-state index in [9.17, 15) is 19.2 Å². The number of rotatable bonds is 5. The predicted molar refractivity (Wildman–Crippen MR) is 122 cm³/mol. The second-order valence-electron chi connectivity index (χ2n) is 9.33. The van der Waals surface area contributed by atoms with Crippen LogP contribution in [0.2, 0.25) is 0 Å². The topological polar surface area (TPSA) is 140 Å². The van der Waals surface area contributed by atoms with Crippen LogP contribution in [0, 0.1) is 11.8 Å². The first kappa shape index (κ1) is 21.6.